The first kappa shape index (κ1) is 13.4. The zero-order chi connectivity index (χ0) is 13.8. The fourth-order valence-corrected chi connectivity index (χ4v) is 1.86. The van der Waals surface area contributed by atoms with Crippen molar-refractivity contribution < 1.29 is 14.8 Å². The normalized spacial score (nSPS) is 10.2. The largest absolute Gasteiger partial charge is 0.456 e. The third kappa shape index (κ3) is 3.27. The van der Waals surface area contributed by atoms with Crippen LogP contribution in [0.3, 0.4) is 0 Å². The van der Waals surface area contributed by atoms with Gasteiger partial charge in [0.1, 0.15) is 11.5 Å². The predicted octanol–water partition coefficient (Wildman–Crippen LogP) is 3.04. The molecule has 0 radical (unpaired) electrons. The molecule has 2 rings (SSSR count). The summed E-state index contributed by atoms with van der Waals surface area (Å²) in [7, 11) is 0. The molecule has 1 aromatic carbocycles. The highest BCUT2D eigenvalue weighted by Gasteiger charge is 2.14. The van der Waals surface area contributed by atoms with E-state index in [9.17, 15) is 10.1 Å². The van der Waals surface area contributed by atoms with Crippen LogP contribution in [0.2, 0.25) is 0 Å². The predicted molar refractivity (Wildman–Crippen MR) is 71.0 cm³/mol. The number of nitro groups is 1. The molecule has 0 saturated carbocycles. The van der Waals surface area contributed by atoms with Gasteiger partial charge in [0.2, 0.25) is 0 Å². The van der Waals surface area contributed by atoms with Gasteiger partial charge in [-0.1, -0.05) is 0 Å². The van der Waals surface area contributed by atoms with E-state index in [1.165, 1.54) is 24.4 Å². The number of hydrogen-bond acceptors (Lipinski definition) is 5. The summed E-state index contributed by atoms with van der Waals surface area (Å²) in [6.45, 7) is -0.426. The first-order chi connectivity index (χ1) is 9.10. The van der Waals surface area contributed by atoms with Crippen molar-refractivity contribution in [2.24, 2.45) is 0 Å². The van der Waals surface area contributed by atoms with Gasteiger partial charge in [0, 0.05) is 16.7 Å². The van der Waals surface area contributed by atoms with Crippen molar-refractivity contribution in [1.82, 2.24) is 4.98 Å². The molecule has 0 atom stereocenters. The fraction of sp³-hybridized carbons (Fsp3) is 0.0833. The maximum absolute atomic E-state index is 10.7. The lowest BCUT2D eigenvalue weighted by molar-refractivity contribution is -0.385. The Morgan fingerprint density at radius 1 is 1.32 bits per heavy atom. The standard InChI is InChI=1S/C12H9BrN2O4/c13-9-4-11(6-14-5-9)19-10-1-2-12(15(17)18)8(3-10)7-16/h1-6,16H,7H2. The number of rotatable bonds is 4. The van der Waals surface area contributed by atoms with Gasteiger partial charge in [0.05, 0.1) is 23.3 Å². The SMILES string of the molecule is O=[N+]([O-])c1ccc(Oc2cncc(Br)c2)cc1CO. The van der Waals surface area contributed by atoms with Crippen molar-refractivity contribution in [1.29, 1.82) is 0 Å². The Labute approximate surface area is 117 Å². The Bertz CT molecular complexity index is 618. The third-order valence-corrected chi connectivity index (χ3v) is 2.77. The summed E-state index contributed by atoms with van der Waals surface area (Å²) in [5.41, 5.74) is 0.0627. The molecule has 1 aromatic heterocycles. The second-order valence-electron chi connectivity index (χ2n) is 3.65. The number of pyridine rings is 1. The van der Waals surface area contributed by atoms with Gasteiger partial charge in [-0.3, -0.25) is 15.1 Å². The summed E-state index contributed by atoms with van der Waals surface area (Å²) in [6.07, 6.45) is 3.13. The number of aromatic nitrogens is 1. The molecule has 0 amide bonds. The Morgan fingerprint density at radius 2 is 2.11 bits per heavy atom. The van der Waals surface area contributed by atoms with Crippen LogP contribution in [0.25, 0.3) is 0 Å². The van der Waals surface area contributed by atoms with Crippen LogP contribution >= 0.6 is 15.9 Å². The molecular formula is C12H9BrN2O4. The minimum absolute atomic E-state index is 0.137. The molecule has 0 fully saturated rings. The van der Waals surface area contributed by atoms with Crippen molar-refractivity contribution in [2.45, 2.75) is 6.61 Å². The number of hydrogen-bond donors (Lipinski definition) is 1. The summed E-state index contributed by atoms with van der Waals surface area (Å²) in [6, 6.07) is 5.91. The van der Waals surface area contributed by atoms with Crippen LogP contribution in [-0.4, -0.2) is 15.0 Å². The molecule has 0 unspecified atom stereocenters. The summed E-state index contributed by atoms with van der Waals surface area (Å²) in [5.74, 6) is 0.890. The molecule has 0 bridgehead atoms. The molecule has 0 aliphatic heterocycles. The van der Waals surface area contributed by atoms with E-state index in [0.29, 0.717) is 11.5 Å². The van der Waals surface area contributed by atoms with Crippen LogP contribution in [0.1, 0.15) is 5.56 Å². The fourth-order valence-electron chi connectivity index (χ4n) is 1.51. The number of benzene rings is 1. The highest BCUT2D eigenvalue weighted by molar-refractivity contribution is 9.10. The van der Waals surface area contributed by atoms with Crippen LogP contribution in [0.4, 0.5) is 5.69 Å². The zero-order valence-corrected chi connectivity index (χ0v) is 11.2. The maximum atomic E-state index is 10.7. The van der Waals surface area contributed by atoms with Crippen LogP contribution < -0.4 is 4.74 Å². The van der Waals surface area contributed by atoms with Crippen molar-refractivity contribution in [3.8, 4) is 11.5 Å². The summed E-state index contributed by atoms with van der Waals surface area (Å²) in [4.78, 5) is 14.1. The topological polar surface area (TPSA) is 85.5 Å². The zero-order valence-electron chi connectivity index (χ0n) is 9.62. The molecule has 19 heavy (non-hydrogen) atoms. The first-order valence-corrected chi connectivity index (χ1v) is 6.06. The lowest BCUT2D eigenvalue weighted by Crippen LogP contribution is -1.96. The molecule has 1 heterocycles. The van der Waals surface area contributed by atoms with Gasteiger partial charge in [0.25, 0.3) is 5.69 Å². The van der Waals surface area contributed by atoms with Gasteiger partial charge in [-0.15, -0.1) is 0 Å². The minimum Gasteiger partial charge on any atom is -0.456 e. The maximum Gasteiger partial charge on any atom is 0.275 e. The molecule has 1 N–H and O–H groups in total. The van der Waals surface area contributed by atoms with Crippen molar-refractivity contribution in [3.63, 3.8) is 0 Å². The lowest BCUT2D eigenvalue weighted by Gasteiger charge is -2.07. The van der Waals surface area contributed by atoms with E-state index in [1.807, 2.05) is 0 Å². The minimum atomic E-state index is -0.546. The summed E-state index contributed by atoms with van der Waals surface area (Å²) < 4.78 is 6.27. The van der Waals surface area contributed by atoms with Crippen LogP contribution in [-0.2, 0) is 6.61 Å². The van der Waals surface area contributed by atoms with Crippen LogP contribution in [0.5, 0.6) is 11.5 Å². The number of nitrogens with zero attached hydrogens (tertiary/aromatic N) is 2. The second-order valence-corrected chi connectivity index (χ2v) is 4.56. The highest BCUT2D eigenvalue weighted by Crippen LogP contribution is 2.28. The molecular weight excluding hydrogens is 316 g/mol. The number of aliphatic hydroxyl groups excluding tert-OH is 1. The quantitative estimate of drug-likeness (QED) is 0.690. The smallest absolute Gasteiger partial charge is 0.275 e. The van der Waals surface area contributed by atoms with Gasteiger partial charge in [-0.2, -0.15) is 0 Å². The molecule has 7 heteroatoms. The monoisotopic (exact) mass is 324 g/mol. The number of nitro benzene ring substituents is 1. The third-order valence-electron chi connectivity index (χ3n) is 2.33. The van der Waals surface area contributed by atoms with Gasteiger partial charge < -0.3 is 9.84 Å². The molecule has 0 saturated heterocycles. The van der Waals surface area contributed by atoms with E-state index in [2.05, 4.69) is 20.9 Å². The van der Waals surface area contributed by atoms with Gasteiger partial charge in [-0.25, -0.2) is 0 Å². The summed E-state index contributed by atoms with van der Waals surface area (Å²) in [5, 5.41) is 19.9. The van der Waals surface area contributed by atoms with E-state index >= 15 is 0 Å². The Hall–Kier alpha value is -1.99. The van der Waals surface area contributed by atoms with Crippen LogP contribution in [0.15, 0.2) is 41.1 Å². The Kier molecular flexibility index (Phi) is 4.08. The molecule has 98 valence electrons. The van der Waals surface area contributed by atoms with E-state index in [-0.39, 0.29) is 11.3 Å². The number of ether oxygens (including phenoxy) is 1. The van der Waals surface area contributed by atoms with E-state index in [0.717, 1.165) is 4.47 Å². The Morgan fingerprint density at radius 3 is 2.74 bits per heavy atom. The van der Waals surface area contributed by atoms with Crippen molar-refractivity contribution in [2.75, 3.05) is 0 Å². The van der Waals surface area contributed by atoms with Gasteiger partial charge in [0.15, 0.2) is 0 Å². The molecule has 0 spiro atoms. The average Bonchev–Trinajstić information content (AvgIpc) is 2.38. The van der Waals surface area contributed by atoms with Gasteiger partial charge in [-0.05, 0) is 34.1 Å². The van der Waals surface area contributed by atoms with Gasteiger partial charge >= 0.3 is 0 Å². The molecule has 0 aliphatic rings. The molecule has 0 aliphatic carbocycles. The molecule has 6 nitrogen and oxygen atoms in total. The number of aliphatic hydroxyl groups is 1. The van der Waals surface area contributed by atoms with Crippen molar-refractivity contribution in [3.05, 3.63) is 56.8 Å². The highest BCUT2D eigenvalue weighted by atomic mass is 79.9. The Balaban J connectivity index is 2.29. The average molecular weight is 325 g/mol. The summed E-state index contributed by atoms with van der Waals surface area (Å²) >= 11 is 3.26. The van der Waals surface area contributed by atoms with Crippen molar-refractivity contribution >= 4 is 21.6 Å². The van der Waals surface area contributed by atoms with E-state index in [4.69, 9.17) is 9.84 Å². The van der Waals surface area contributed by atoms with E-state index < -0.39 is 11.5 Å². The number of halogens is 1. The lowest BCUT2D eigenvalue weighted by atomic mass is 10.2. The first-order valence-electron chi connectivity index (χ1n) is 5.26. The van der Waals surface area contributed by atoms with Crippen LogP contribution in [0, 0.1) is 10.1 Å². The molecule has 2 aromatic rings. The van der Waals surface area contributed by atoms with E-state index in [1.54, 1.807) is 12.3 Å². The second kappa shape index (κ2) is 5.77.